The van der Waals surface area contributed by atoms with E-state index in [9.17, 15) is 13.2 Å². The minimum atomic E-state index is -3.61. The lowest BCUT2D eigenvalue weighted by atomic mass is 10.2. The molecular weight excluding hydrogens is 392 g/mol. The molecule has 0 atom stereocenters. The van der Waals surface area contributed by atoms with Crippen molar-refractivity contribution in [3.63, 3.8) is 0 Å². The molecular formula is C18H21ClN2O5S. The third-order valence-electron chi connectivity index (χ3n) is 3.74. The molecule has 0 saturated heterocycles. The first-order chi connectivity index (χ1) is 12.8. The highest BCUT2D eigenvalue weighted by atomic mass is 35.5. The molecule has 0 unspecified atom stereocenters. The fourth-order valence-corrected chi connectivity index (χ4v) is 3.72. The maximum atomic E-state index is 12.1. The molecule has 27 heavy (non-hydrogen) atoms. The summed E-state index contributed by atoms with van der Waals surface area (Å²) in [6.45, 7) is 0.213. The largest absolute Gasteiger partial charge is 0.495 e. The van der Waals surface area contributed by atoms with Crippen molar-refractivity contribution in [2.75, 3.05) is 32.3 Å². The molecule has 0 fully saturated rings. The predicted octanol–water partition coefficient (Wildman–Crippen LogP) is 2.49. The van der Waals surface area contributed by atoms with Gasteiger partial charge in [0.25, 0.3) is 0 Å². The van der Waals surface area contributed by atoms with Gasteiger partial charge < -0.3 is 20.1 Å². The van der Waals surface area contributed by atoms with Gasteiger partial charge in [-0.1, -0.05) is 29.8 Å². The Hall–Kier alpha value is -2.45. The molecule has 2 aromatic rings. The number of ether oxygens (including phenoxy) is 2. The van der Waals surface area contributed by atoms with Crippen LogP contribution in [0.15, 0.2) is 41.3 Å². The van der Waals surface area contributed by atoms with Crippen LogP contribution in [0.4, 0.5) is 5.69 Å². The first kappa shape index (κ1) is 20.9. The maximum Gasteiger partial charge on any atom is 0.239 e. The number of rotatable bonds is 8. The van der Waals surface area contributed by atoms with Crippen molar-refractivity contribution in [1.29, 1.82) is 0 Å². The first-order valence-corrected chi connectivity index (χ1v) is 10.2. The van der Waals surface area contributed by atoms with Crippen LogP contribution in [-0.2, 0) is 21.2 Å². The van der Waals surface area contributed by atoms with Crippen LogP contribution < -0.4 is 20.1 Å². The van der Waals surface area contributed by atoms with Crippen LogP contribution in [0.3, 0.4) is 0 Å². The average Bonchev–Trinajstić information content (AvgIpc) is 2.64. The normalized spacial score (nSPS) is 11.0. The number of nitrogens with one attached hydrogen (secondary N) is 2. The number of sulfone groups is 1. The average molecular weight is 413 g/mol. The Morgan fingerprint density at radius 3 is 2.41 bits per heavy atom. The fourth-order valence-electron chi connectivity index (χ4n) is 2.47. The molecule has 0 aliphatic heterocycles. The molecule has 0 aliphatic carbocycles. The second-order valence-electron chi connectivity index (χ2n) is 5.67. The van der Waals surface area contributed by atoms with Gasteiger partial charge in [0.15, 0.2) is 20.5 Å². The number of halogens is 1. The van der Waals surface area contributed by atoms with Gasteiger partial charge in [0.05, 0.1) is 26.5 Å². The smallest absolute Gasteiger partial charge is 0.239 e. The van der Waals surface area contributed by atoms with E-state index in [2.05, 4.69) is 10.6 Å². The summed E-state index contributed by atoms with van der Waals surface area (Å²) in [6.07, 6.45) is 1.06. The van der Waals surface area contributed by atoms with E-state index in [4.69, 9.17) is 21.1 Å². The highest BCUT2D eigenvalue weighted by Crippen LogP contribution is 2.39. The van der Waals surface area contributed by atoms with Gasteiger partial charge in [0, 0.05) is 17.8 Å². The van der Waals surface area contributed by atoms with Gasteiger partial charge in [-0.3, -0.25) is 4.79 Å². The van der Waals surface area contributed by atoms with Crippen molar-refractivity contribution in [2.45, 2.75) is 11.4 Å². The van der Waals surface area contributed by atoms with Gasteiger partial charge in [0.1, 0.15) is 5.75 Å². The van der Waals surface area contributed by atoms with Crippen molar-refractivity contribution >= 4 is 33.0 Å². The minimum absolute atomic E-state index is 0.0731. The molecule has 1 amide bonds. The Morgan fingerprint density at radius 1 is 1.11 bits per heavy atom. The number of hydrogen-bond acceptors (Lipinski definition) is 6. The van der Waals surface area contributed by atoms with E-state index < -0.39 is 9.84 Å². The zero-order chi connectivity index (χ0) is 20.0. The molecule has 9 heteroatoms. The molecule has 2 rings (SSSR count). The molecule has 0 heterocycles. The molecule has 2 N–H and O–H groups in total. The van der Waals surface area contributed by atoms with E-state index in [1.54, 1.807) is 12.1 Å². The van der Waals surface area contributed by atoms with Crippen LogP contribution in [0.2, 0.25) is 5.02 Å². The summed E-state index contributed by atoms with van der Waals surface area (Å²) in [5.41, 5.74) is 1.17. The van der Waals surface area contributed by atoms with E-state index in [-0.39, 0.29) is 35.4 Å². The monoisotopic (exact) mass is 412 g/mol. The summed E-state index contributed by atoms with van der Waals surface area (Å²) in [5, 5.41) is 6.20. The van der Waals surface area contributed by atoms with Crippen LogP contribution in [0.1, 0.15) is 5.56 Å². The van der Waals surface area contributed by atoms with E-state index in [0.717, 1.165) is 11.8 Å². The fraction of sp³-hybridized carbons (Fsp3) is 0.278. The molecule has 2 aromatic carbocycles. The van der Waals surface area contributed by atoms with Crippen LogP contribution in [0, 0.1) is 0 Å². The predicted molar refractivity (Wildman–Crippen MR) is 104 cm³/mol. The van der Waals surface area contributed by atoms with E-state index in [1.807, 2.05) is 18.2 Å². The second kappa shape index (κ2) is 8.96. The lowest BCUT2D eigenvalue weighted by Crippen LogP contribution is -2.29. The molecule has 0 radical (unpaired) electrons. The zero-order valence-corrected chi connectivity index (χ0v) is 16.8. The highest BCUT2D eigenvalue weighted by molar-refractivity contribution is 7.91. The summed E-state index contributed by atoms with van der Waals surface area (Å²) < 4.78 is 34.6. The summed E-state index contributed by atoms with van der Waals surface area (Å²) in [6, 6.07) is 10.3. The van der Waals surface area contributed by atoms with E-state index in [0.29, 0.717) is 10.7 Å². The van der Waals surface area contributed by atoms with E-state index in [1.165, 1.54) is 20.3 Å². The van der Waals surface area contributed by atoms with Gasteiger partial charge in [-0.05, 0) is 23.8 Å². The molecule has 0 aliphatic rings. The summed E-state index contributed by atoms with van der Waals surface area (Å²) in [7, 11) is -0.879. The quantitative estimate of drug-likeness (QED) is 0.691. The van der Waals surface area contributed by atoms with Crippen molar-refractivity contribution in [1.82, 2.24) is 5.32 Å². The molecule has 0 bridgehead atoms. The standard InChI is InChI=1S/C18H21ClN2O5S/c1-25-15-9-8-14(17(26-2)18(15)27(3,23)24)20-11-16(22)21-10-12-6-4-5-7-13(12)19/h4-9,20H,10-11H2,1-3H3,(H,21,22). The number of anilines is 1. The lowest BCUT2D eigenvalue weighted by Gasteiger charge is -2.16. The number of carbonyl (C=O) groups is 1. The Bertz CT molecular complexity index is 931. The first-order valence-electron chi connectivity index (χ1n) is 7.97. The third kappa shape index (κ3) is 5.27. The lowest BCUT2D eigenvalue weighted by molar-refractivity contribution is -0.119. The highest BCUT2D eigenvalue weighted by Gasteiger charge is 2.23. The van der Waals surface area contributed by atoms with Crippen LogP contribution in [0.25, 0.3) is 0 Å². The third-order valence-corrected chi connectivity index (χ3v) is 5.24. The van der Waals surface area contributed by atoms with Crippen molar-refractivity contribution in [3.8, 4) is 11.5 Å². The summed E-state index contributed by atoms with van der Waals surface area (Å²) in [4.78, 5) is 12.0. The van der Waals surface area contributed by atoms with Gasteiger partial charge in [-0.25, -0.2) is 8.42 Å². The number of amides is 1. The Balaban J connectivity index is 2.11. The number of hydrogen-bond donors (Lipinski definition) is 2. The van der Waals surface area contributed by atoms with Gasteiger partial charge in [0.2, 0.25) is 5.91 Å². The molecule has 146 valence electrons. The van der Waals surface area contributed by atoms with Gasteiger partial charge in [-0.2, -0.15) is 0 Å². The van der Waals surface area contributed by atoms with Crippen molar-refractivity contribution in [3.05, 3.63) is 47.0 Å². The van der Waals surface area contributed by atoms with Crippen molar-refractivity contribution in [2.24, 2.45) is 0 Å². The van der Waals surface area contributed by atoms with E-state index >= 15 is 0 Å². The Kier molecular flexibility index (Phi) is 6.92. The minimum Gasteiger partial charge on any atom is -0.495 e. The maximum absolute atomic E-state index is 12.1. The second-order valence-corrected chi connectivity index (χ2v) is 8.03. The molecule has 7 nitrogen and oxygen atoms in total. The number of carbonyl (C=O) groups excluding carboxylic acids is 1. The van der Waals surface area contributed by atoms with Crippen molar-refractivity contribution < 1.29 is 22.7 Å². The molecule has 0 spiro atoms. The van der Waals surface area contributed by atoms with Crippen LogP contribution in [0.5, 0.6) is 11.5 Å². The van der Waals surface area contributed by atoms with Crippen LogP contribution >= 0.6 is 11.6 Å². The molecule has 0 saturated carbocycles. The van der Waals surface area contributed by atoms with Gasteiger partial charge in [-0.15, -0.1) is 0 Å². The number of benzene rings is 2. The number of methoxy groups -OCH3 is 2. The summed E-state index contributed by atoms with van der Waals surface area (Å²) >= 11 is 6.06. The van der Waals surface area contributed by atoms with Gasteiger partial charge >= 0.3 is 0 Å². The zero-order valence-electron chi connectivity index (χ0n) is 15.2. The summed E-state index contributed by atoms with van der Waals surface area (Å²) in [5.74, 6) is -0.0208. The topological polar surface area (TPSA) is 93.7 Å². The SMILES string of the molecule is COc1ccc(NCC(=O)NCc2ccccc2Cl)c(OC)c1S(C)(=O)=O. The Labute approximate surface area is 163 Å². The van der Waals surface area contributed by atoms with Crippen LogP contribution in [-0.4, -0.2) is 41.3 Å². The Morgan fingerprint density at radius 2 is 1.81 bits per heavy atom. The molecule has 0 aromatic heterocycles.